The van der Waals surface area contributed by atoms with E-state index >= 15 is 0 Å². The Kier molecular flexibility index (Phi) is 5.13. The predicted molar refractivity (Wildman–Crippen MR) is 87.9 cm³/mol. The number of hydrogen-bond acceptors (Lipinski definition) is 5. The number of benzene rings is 2. The van der Waals surface area contributed by atoms with Gasteiger partial charge in [-0.1, -0.05) is 30.3 Å². The lowest BCUT2D eigenvalue weighted by Gasteiger charge is -2.19. The van der Waals surface area contributed by atoms with Gasteiger partial charge in [0, 0.05) is 0 Å². The molecule has 3 rings (SSSR count). The molecule has 0 amide bonds. The van der Waals surface area contributed by atoms with Gasteiger partial charge in [-0.2, -0.15) is 0 Å². The maximum atomic E-state index is 11.9. The van der Waals surface area contributed by atoms with Crippen LogP contribution >= 0.6 is 0 Å². The summed E-state index contributed by atoms with van der Waals surface area (Å²) >= 11 is 0. The Morgan fingerprint density at radius 1 is 1.17 bits per heavy atom. The van der Waals surface area contributed by atoms with Crippen molar-refractivity contribution in [3.05, 3.63) is 64.7 Å². The molecule has 0 spiro atoms. The summed E-state index contributed by atoms with van der Waals surface area (Å²) in [5.41, 5.74) is 3.07. The van der Waals surface area contributed by atoms with Crippen LogP contribution in [0.2, 0.25) is 0 Å². The lowest BCUT2D eigenvalue weighted by Crippen LogP contribution is -2.09. The third kappa shape index (κ3) is 3.58. The van der Waals surface area contributed by atoms with Crippen molar-refractivity contribution in [3.8, 4) is 5.75 Å². The van der Waals surface area contributed by atoms with E-state index in [1.54, 1.807) is 12.1 Å². The van der Waals surface area contributed by atoms with E-state index in [1.165, 1.54) is 7.11 Å². The third-order valence-corrected chi connectivity index (χ3v) is 3.83. The van der Waals surface area contributed by atoms with Crippen molar-refractivity contribution in [2.75, 3.05) is 20.3 Å². The number of esters is 1. The van der Waals surface area contributed by atoms with Crippen LogP contribution in [0.4, 0.5) is 0 Å². The lowest BCUT2D eigenvalue weighted by molar-refractivity contribution is -0.0459. The van der Waals surface area contributed by atoms with Crippen molar-refractivity contribution in [2.45, 2.75) is 19.8 Å². The number of carbonyl (C=O) groups is 1. The molecule has 5 nitrogen and oxygen atoms in total. The molecule has 2 aromatic carbocycles. The van der Waals surface area contributed by atoms with E-state index in [2.05, 4.69) is 0 Å². The van der Waals surface area contributed by atoms with Gasteiger partial charge in [-0.25, -0.2) is 4.79 Å². The van der Waals surface area contributed by atoms with Gasteiger partial charge in [-0.05, 0) is 30.2 Å². The topological polar surface area (TPSA) is 54.0 Å². The summed E-state index contributed by atoms with van der Waals surface area (Å²) < 4.78 is 22.0. The first-order valence-electron chi connectivity index (χ1n) is 7.82. The highest BCUT2D eigenvalue weighted by Gasteiger charge is 2.25. The Hall–Kier alpha value is -2.37. The molecule has 1 heterocycles. The molecule has 0 aliphatic carbocycles. The Morgan fingerprint density at radius 3 is 2.54 bits per heavy atom. The van der Waals surface area contributed by atoms with Crippen LogP contribution in [-0.2, 0) is 20.8 Å². The Bertz CT molecular complexity index is 705. The highest BCUT2D eigenvalue weighted by atomic mass is 16.7. The van der Waals surface area contributed by atoms with Gasteiger partial charge in [0.1, 0.15) is 12.4 Å². The molecule has 1 saturated heterocycles. The van der Waals surface area contributed by atoms with Gasteiger partial charge < -0.3 is 18.9 Å². The van der Waals surface area contributed by atoms with Crippen LogP contribution in [0, 0.1) is 6.92 Å². The normalized spacial score (nSPS) is 14.6. The third-order valence-electron chi connectivity index (χ3n) is 3.83. The molecule has 0 aromatic heterocycles. The molecule has 0 radical (unpaired) electrons. The van der Waals surface area contributed by atoms with Gasteiger partial charge in [0.05, 0.1) is 31.5 Å². The number of carbonyl (C=O) groups excluding carboxylic acids is 1. The summed E-state index contributed by atoms with van der Waals surface area (Å²) in [7, 11) is 1.36. The van der Waals surface area contributed by atoms with E-state index in [0.717, 1.165) is 11.1 Å². The quantitative estimate of drug-likeness (QED) is 0.787. The van der Waals surface area contributed by atoms with Crippen molar-refractivity contribution < 1.29 is 23.7 Å². The maximum Gasteiger partial charge on any atom is 0.337 e. The van der Waals surface area contributed by atoms with E-state index in [-0.39, 0.29) is 0 Å². The van der Waals surface area contributed by atoms with Crippen LogP contribution in [0.15, 0.2) is 42.5 Å². The van der Waals surface area contributed by atoms with Gasteiger partial charge >= 0.3 is 5.97 Å². The van der Waals surface area contributed by atoms with Crippen LogP contribution in [0.25, 0.3) is 0 Å². The molecule has 0 atom stereocenters. The van der Waals surface area contributed by atoms with E-state index in [0.29, 0.717) is 36.7 Å². The molecule has 0 saturated carbocycles. The summed E-state index contributed by atoms with van der Waals surface area (Å²) in [6.07, 6.45) is -0.529. The molecule has 1 aliphatic heterocycles. The largest absolute Gasteiger partial charge is 0.488 e. The average Bonchev–Trinajstić information content (AvgIpc) is 3.14. The molecule has 0 N–H and O–H groups in total. The summed E-state index contributed by atoms with van der Waals surface area (Å²) in [5, 5.41) is 0. The molecule has 2 aromatic rings. The van der Waals surface area contributed by atoms with Crippen molar-refractivity contribution >= 4 is 5.97 Å². The number of hydrogen-bond donors (Lipinski definition) is 0. The fraction of sp³-hybridized carbons (Fsp3) is 0.316. The average molecular weight is 328 g/mol. The van der Waals surface area contributed by atoms with Gasteiger partial charge in [0.15, 0.2) is 6.29 Å². The second-order valence-electron chi connectivity index (χ2n) is 5.55. The fourth-order valence-electron chi connectivity index (χ4n) is 2.68. The van der Waals surface area contributed by atoms with Crippen LogP contribution in [-0.4, -0.2) is 26.3 Å². The Balaban J connectivity index is 1.92. The van der Waals surface area contributed by atoms with Gasteiger partial charge in [-0.15, -0.1) is 0 Å². The van der Waals surface area contributed by atoms with E-state index in [9.17, 15) is 4.79 Å². The predicted octanol–water partition coefficient (Wildman–Crippen LogP) is 3.41. The SMILES string of the molecule is COC(=O)c1cc(C)c(OCc2ccccc2)c(C2OCCO2)c1. The first-order valence-corrected chi connectivity index (χ1v) is 7.82. The maximum absolute atomic E-state index is 11.9. The van der Waals surface area contributed by atoms with Gasteiger partial charge in [0.2, 0.25) is 0 Å². The monoisotopic (exact) mass is 328 g/mol. The van der Waals surface area contributed by atoms with Crippen molar-refractivity contribution in [3.63, 3.8) is 0 Å². The molecule has 5 heteroatoms. The van der Waals surface area contributed by atoms with E-state index in [1.807, 2.05) is 37.3 Å². The molecule has 1 fully saturated rings. The van der Waals surface area contributed by atoms with E-state index in [4.69, 9.17) is 18.9 Å². The molecular weight excluding hydrogens is 308 g/mol. The Morgan fingerprint density at radius 2 is 1.88 bits per heavy atom. The summed E-state index contributed by atoms with van der Waals surface area (Å²) in [6, 6.07) is 13.4. The summed E-state index contributed by atoms with van der Waals surface area (Å²) in [6.45, 7) is 3.36. The zero-order valence-corrected chi connectivity index (χ0v) is 13.8. The first kappa shape index (κ1) is 16.5. The smallest absolute Gasteiger partial charge is 0.337 e. The van der Waals surface area contributed by atoms with Crippen LogP contribution in [0.3, 0.4) is 0 Å². The molecule has 0 bridgehead atoms. The second-order valence-corrected chi connectivity index (χ2v) is 5.55. The molecule has 24 heavy (non-hydrogen) atoms. The van der Waals surface area contributed by atoms with E-state index < -0.39 is 12.3 Å². The minimum atomic E-state index is -0.529. The second kappa shape index (κ2) is 7.47. The molecule has 126 valence electrons. The van der Waals surface area contributed by atoms with Crippen molar-refractivity contribution in [1.29, 1.82) is 0 Å². The van der Waals surface area contributed by atoms with Crippen LogP contribution < -0.4 is 4.74 Å². The fourth-order valence-corrected chi connectivity index (χ4v) is 2.68. The number of ether oxygens (including phenoxy) is 4. The van der Waals surface area contributed by atoms with Gasteiger partial charge in [0.25, 0.3) is 0 Å². The zero-order chi connectivity index (χ0) is 16.9. The highest BCUT2D eigenvalue weighted by molar-refractivity contribution is 5.90. The molecule has 0 unspecified atom stereocenters. The number of rotatable bonds is 5. The molecule has 1 aliphatic rings. The standard InChI is InChI=1S/C19H20O5/c1-13-10-15(18(20)21-2)11-16(19-22-8-9-23-19)17(13)24-12-14-6-4-3-5-7-14/h3-7,10-11,19H,8-9,12H2,1-2H3. The lowest BCUT2D eigenvalue weighted by atomic mass is 10.0. The van der Waals surface area contributed by atoms with Crippen molar-refractivity contribution in [2.24, 2.45) is 0 Å². The minimum Gasteiger partial charge on any atom is -0.488 e. The van der Waals surface area contributed by atoms with Crippen LogP contribution in [0.1, 0.15) is 33.3 Å². The first-order chi connectivity index (χ1) is 11.7. The van der Waals surface area contributed by atoms with Crippen molar-refractivity contribution in [1.82, 2.24) is 0 Å². The summed E-state index contributed by atoms with van der Waals surface area (Å²) in [4.78, 5) is 11.9. The zero-order valence-electron chi connectivity index (χ0n) is 13.8. The Labute approximate surface area is 141 Å². The minimum absolute atomic E-state index is 0.396. The highest BCUT2D eigenvalue weighted by Crippen LogP contribution is 2.35. The van der Waals surface area contributed by atoms with Crippen LogP contribution in [0.5, 0.6) is 5.75 Å². The summed E-state index contributed by atoms with van der Waals surface area (Å²) in [5.74, 6) is 0.283. The molecular formula is C19H20O5. The number of aryl methyl sites for hydroxylation is 1. The number of methoxy groups -OCH3 is 1. The van der Waals surface area contributed by atoms with Gasteiger partial charge in [-0.3, -0.25) is 0 Å².